The second-order valence-corrected chi connectivity index (χ2v) is 5.99. The molecule has 1 aromatic carbocycles. The molecule has 1 heterocycles. The highest BCUT2D eigenvalue weighted by Gasteiger charge is 2.47. The lowest BCUT2D eigenvalue weighted by Crippen LogP contribution is -2.39. The Labute approximate surface area is 123 Å². The van der Waals surface area contributed by atoms with Crippen molar-refractivity contribution in [3.05, 3.63) is 35.1 Å². The highest BCUT2D eigenvalue weighted by Crippen LogP contribution is 2.38. The molecule has 0 aliphatic carbocycles. The normalized spacial score (nSPS) is 22.4. The van der Waals surface area contributed by atoms with Crippen LogP contribution in [0.1, 0.15) is 31.4 Å². The predicted octanol–water partition coefficient (Wildman–Crippen LogP) is 2.63. The standard InChI is InChI=1S/C16H19FN2O2/c1-11(2)16(15(20)21)5-6-19(10-16)9-13-7-12(8-18)3-4-14(13)17/h3-4,7,11H,5-6,9-10H2,1-2H3,(H,20,21). The zero-order valence-electron chi connectivity index (χ0n) is 12.3. The Morgan fingerprint density at radius 2 is 2.29 bits per heavy atom. The number of halogens is 1. The van der Waals surface area contributed by atoms with Crippen LogP contribution in [0.5, 0.6) is 0 Å². The van der Waals surface area contributed by atoms with Gasteiger partial charge in [0.25, 0.3) is 0 Å². The van der Waals surface area contributed by atoms with Gasteiger partial charge >= 0.3 is 5.97 Å². The van der Waals surface area contributed by atoms with Gasteiger partial charge in [0.05, 0.1) is 17.0 Å². The molecule has 112 valence electrons. The highest BCUT2D eigenvalue weighted by atomic mass is 19.1. The van der Waals surface area contributed by atoms with E-state index in [1.807, 2.05) is 24.8 Å². The Bertz CT molecular complexity index is 594. The number of hydrogen-bond acceptors (Lipinski definition) is 3. The molecule has 0 aromatic heterocycles. The van der Waals surface area contributed by atoms with E-state index in [-0.39, 0.29) is 11.7 Å². The molecule has 1 fully saturated rings. The van der Waals surface area contributed by atoms with Gasteiger partial charge in [0.1, 0.15) is 5.82 Å². The molecular formula is C16H19FN2O2. The van der Waals surface area contributed by atoms with Crippen LogP contribution in [-0.2, 0) is 11.3 Å². The van der Waals surface area contributed by atoms with Crippen LogP contribution in [0.3, 0.4) is 0 Å². The van der Waals surface area contributed by atoms with E-state index in [1.54, 1.807) is 0 Å². The van der Waals surface area contributed by atoms with Crippen molar-refractivity contribution >= 4 is 5.97 Å². The first-order chi connectivity index (χ1) is 9.89. The van der Waals surface area contributed by atoms with Crippen molar-refractivity contribution in [1.82, 2.24) is 4.90 Å². The third-order valence-electron chi connectivity index (χ3n) is 4.48. The molecule has 0 saturated carbocycles. The van der Waals surface area contributed by atoms with Crippen LogP contribution < -0.4 is 0 Å². The number of benzene rings is 1. The SMILES string of the molecule is CC(C)C1(C(=O)O)CCN(Cc2cc(C#N)ccc2F)C1. The van der Waals surface area contributed by atoms with Crippen LogP contribution in [0.25, 0.3) is 0 Å². The summed E-state index contributed by atoms with van der Waals surface area (Å²) >= 11 is 0. The predicted molar refractivity (Wildman–Crippen MR) is 75.9 cm³/mol. The number of aliphatic carboxylic acids is 1. The lowest BCUT2D eigenvalue weighted by molar-refractivity contribution is -0.151. The van der Waals surface area contributed by atoms with Crippen LogP contribution in [0.4, 0.5) is 4.39 Å². The van der Waals surface area contributed by atoms with E-state index < -0.39 is 11.4 Å². The monoisotopic (exact) mass is 290 g/mol. The minimum Gasteiger partial charge on any atom is -0.481 e. The summed E-state index contributed by atoms with van der Waals surface area (Å²) in [6.45, 7) is 5.20. The number of carboxylic acids is 1. The van der Waals surface area contributed by atoms with E-state index in [9.17, 15) is 14.3 Å². The number of likely N-dealkylation sites (tertiary alicyclic amines) is 1. The lowest BCUT2D eigenvalue weighted by Gasteiger charge is -2.28. The fraction of sp³-hybridized carbons (Fsp3) is 0.500. The summed E-state index contributed by atoms with van der Waals surface area (Å²) in [4.78, 5) is 13.5. The minimum absolute atomic E-state index is 0.0234. The highest BCUT2D eigenvalue weighted by molar-refractivity contribution is 5.75. The molecule has 0 amide bonds. The quantitative estimate of drug-likeness (QED) is 0.926. The van der Waals surface area contributed by atoms with Crippen LogP contribution in [-0.4, -0.2) is 29.1 Å². The van der Waals surface area contributed by atoms with Gasteiger partial charge < -0.3 is 5.11 Å². The zero-order chi connectivity index (χ0) is 15.6. The average molecular weight is 290 g/mol. The largest absolute Gasteiger partial charge is 0.481 e. The van der Waals surface area contributed by atoms with Crippen LogP contribution in [0.2, 0.25) is 0 Å². The second kappa shape index (κ2) is 5.82. The topological polar surface area (TPSA) is 64.3 Å². The number of carbonyl (C=O) groups is 1. The zero-order valence-corrected chi connectivity index (χ0v) is 12.3. The van der Waals surface area contributed by atoms with Crippen LogP contribution in [0, 0.1) is 28.5 Å². The van der Waals surface area contributed by atoms with Gasteiger partial charge in [-0.15, -0.1) is 0 Å². The maximum absolute atomic E-state index is 13.8. The molecule has 5 heteroatoms. The molecule has 1 unspecified atom stereocenters. The summed E-state index contributed by atoms with van der Waals surface area (Å²) in [5, 5.41) is 18.4. The summed E-state index contributed by atoms with van der Waals surface area (Å²) in [5.41, 5.74) is 0.0986. The van der Waals surface area contributed by atoms with Crippen molar-refractivity contribution in [2.75, 3.05) is 13.1 Å². The fourth-order valence-electron chi connectivity index (χ4n) is 2.95. The van der Waals surface area contributed by atoms with Gasteiger partial charge in [0.15, 0.2) is 0 Å². The Hall–Kier alpha value is -1.93. The number of carboxylic acid groups (broad SMARTS) is 1. The summed E-state index contributed by atoms with van der Waals surface area (Å²) < 4.78 is 13.8. The van der Waals surface area contributed by atoms with Gasteiger partial charge in [-0.25, -0.2) is 4.39 Å². The number of nitriles is 1. The average Bonchev–Trinajstić information content (AvgIpc) is 2.87. The third kappa shape index (κ3) is 2.91. The smallest absolute Gasteiger partial charge is 0.311 e. The van der Waals surface area contributed by atoms with Crippen molar-refractivity contribution in [3.8, 4) is 6.07 Å². The van der Waals surface area contributed by atoms with E-state index in [1.165, 1.54) is 18.2 Å². The maximum atomic E-state index is 13.8. The molecule has 1 atom stereocenters. The first kappa shape index (κ1) is 15.5. The van der Waals surface area contributed by atoms with E-state index in [0.29, 0.717) is 37.2 Å². The van der Waals surface area contributed by atoms with Crippen molar-refractivity contribution < 1.29 is 14.3 Å². The molecule has 1 aromatic rings. The van der Waals surface area contributed by atoms with Crippen LogP contribution >= 0.6 is 0 Å². The Morgan fingerprint density at radius 3 is 2.81 bits per heavy atom. The van der Waals surface area contributed by atoms with Gasteiger partial charge in [-0.05, 0) is 37.1 Å². The van der Waals surface area contributed by atoms with Crippen molar-refractivity contribution in [1.29, 1.82) is 5.26 Å². The Balaban J connectivity index is 2.16. The number of hydrogen-bond donors (Lipinski definition) is 1. The lowest BCUT2D eigenvalue weighted by atomic mass is 9.76. The Morgan fingerprint density at radius 1 is 1.57 bits per heavy atom. The van der Waals surface area contributed by atoms with Crippen molar-refractivity contribution in [3.63, 3.8) is 0 Å². The minimum atomic E-state index is -0.786. The van der Waals surface area contributed by atoms with E-state index in [2.05, 4.69) is 0 Å². The molecule has 4 nitrogen and oxygen atoms in total. The van der Waals surface area contributed by atoms with Gasteiger partial charge in [0, 0.05) is 18.7 Å². The molecule has 1 aliphatic rings. The Kier molecular flexibility index (Phi) is 4.29. The molecule has 0 radical (unpaired) electrons. The molecule has 21 heavy (non-hydrogen) atoms. The summed E-state index contributed by atoms with van der Waals surface area (Å²) in [7, 11) is 0. The first-order valence-corrected chi connectivity index (χ1v) is 7.03. The number of nitrogens with zero attached hydrogens (tertiary/aromatic N) is 2. The van der Waals surface area contributed by atoms with Gasteiger partial charge in [-0.3, -0.25) is 9.69 Å². The van der Waals surface area contributed by atoms with Gasteiger partial charge in [-0.2, -0.15) is 5.26 Å². The molecule has 2 rings (SSSR count). The van der Waals surface area contributed by atoms with Crippen molar-refractivity contribution in [2.45, 2.75) is 26.8 Å². The van der Waals surface area contributed by atoms with Crippen LogP contribution in [0.15, 0.2) is 18.2 Å². The molecular weight excluding hydrogens is 271 g/mol. The number of rotatable bonds is 4. The van der Waals surface area contributed by atoms with E-state index >= 15 is 0 Å². The summed E-state index contributed by atoms with van der Waals surface area (Å²) in [6, 6.07) is 6.26. The second-order valence-electron chi connectivity index (χ2n) is 5.99. The molecule has 1 saturated heterocycles. The summed E-state index contributed by atoms with van der Waals surface area (Å²) in [6.07, 6.45) is 0.569. The maximum Gasteiger partial charge on any atom is 0.311 e. The van der Waals surface area contributed by atoms with E-state index in [4.69, 9.17) is 5.26 Å². The molecule has 0 spiro atoms. The van der Waals surface area contributed by atoms with Gasteiger partial charge in [-0.1, -0.05) is 13.8 Å². The van der Waals surface area contributed by atoms with Crippen molar-refractivity contribution in [2.24, 2.45) is 11.3 Å². The van der Waals surface area contributed by atoms with E-state index in [0.717, 1.165) is 0 Å². The molecule has 0 bridgehead atoms. The van der Waals surface area contributed by atoms with Gasteiger partial charge in [0.2, 0.25) is 0 Å². The fourth-order valence-corrected chi connectivity index (χ4v) is 2.95. The first-order valence-electron chi connectivity index (χ1n) is 7.03. The molecule has 1 aliphatic heterocycles. The third-order valence-corrected chi connectivity index (χ3v) is 4.48. The summed E-state index contributed by atoms with van der Waals surface area (Å²) in [5.74, 6) is -1.12. The molecule has 1 N–H and O–H groups in total.